The fourth-order valence-electron chi connectivity index (χ4n) is 3.52. The lowest BCUT2D eigenvalue weighted by molar-refractivity contribution is -0.0685. The van der Waals surface area contributed by atoms with Gasteiger partial charge < -0.3 is 19.3 Å². The van der Waals surface area contributed by atoms with Crippen molar-refractivity contribution in [2.75, 3.05) is 40.9 Å². The predicted molar refractivity (Wildman–Crippen MR) is 107 cm³/mol. The molecular weight excluding hydrogens is 364 g/mol. The van der Waals surface area contributed by atoms with Crippen LogP contribution in [0.4, 0.5) is 0 Å². The summed E-state index contributed by atoms with van der Waals surface area (Å²) in [6, 6.07) is 15.0. The summed E-state index contributed by atoms with van der Waals surface area (Å²) in [5.74, 6) is 0.419. The van der Waals surface area contributed by atoms with Gasteiger partial charge >= 0.3 is 0 Å². The Bertz CT molecular complexity index is 782. The summed E-state index contributed by atoms with van der Waals surface area (Å²) in [4.78, 5) is 17.4. The Labute approximate surface area is 165 Å². The number of rotatable bonds is 5. The zero-order valence-electron chi connectivity index (χ0n) is 15.9. The highest BCUT2D eigenvalue weighted by Gasteiger charge is 2.37. The normalized spacial score (nSPS) is 20.0. The van der Waals surface area contributed by atoms with E-state index in [1.807, 2.05) is 49.3 Å². The van der Waals surface area contributed by atoms with Crippen molar-refractivity contribution >= 4 is 17.5 Å². The number of hydrogen-bond donors (Lipinski definition) is 0. The van der Waals surface area contributed by atoms with Crippen molar-refractivity contribution in [3.8, 4) is 5.75 Å². The topological polar surface area (TPSA) is 42.0 Å². The fourth-order valence-corrected chi connectivity index (χ4v) is 3.69. The highest BCUT2D eigenvalue weighted by molar-refractivity contribution is 6.31. The van der Waals surface area contributed by atoms with Crippen molar-refractivity contribution < 1.29 is 14.3 Å². The van der Waals surface area contributed by atoms with Gasteiger partial charge in [-0.1, -0.05) is 41.9 Å². The molecule has 0 aromatic heterocycles. The second-order valence-corrected chi connectivity index (χ2v) is 7.31. The third-order valence-corrected chi connectivity index (χ3v) is 4.93. The Morgan fingerprint density at radius 2 is 2.00 bits per heavy atom. The summed E-state index contributed by atoms with van der Waals surface area (Å²) in [5, 5.41) is 0.508. The van der Waals surface area contributed by atoms with Gasteiger partial charge in [-0.05, 0) is 37.9 Å². The number of carbonyl (C=O) groups is 1. The van der Waals surface area contributed by atoms with E-state index >= 15 is 0 Å². The van der Waals surface area contributed by atoms with Crippen molar-refractivity contribution in [3.63, 3.8) is 0 Å². The molecule has 2 atom stereocenters. The van der Waals surface area contributed by atoms with Gasteiger partial charge in [0.25, 0.3) is 5.91 Å². The molecule has 1 saturated heterocycles. The summed E-state index contributed by atoms with van der Waals surface area (Å²) < 4.78 is 11.5. The molecule has 6 heteroatoms. The molecule has 144 valence electrons. The van der Waals surface area contributed by atoms with Crippen LogP contribution in [0.15, 0.2) is 48.5 Å². The van der Waals surface area contributed by atoms with Crippen molar-refractivity contribution in [1.82, 2.24) is 9.80 Å². The number of ether oxygens (including phenoxy) is 2. The molecule has 3 rings (SSSR count). The average Bonchev–Trinajstić information content (AvgIpc) is 2.67. The molecule has 0 bridgehead atoms. The van der Waals surface area contributed by atoms with Crippen LogP contribution in [0.5, 0.6) is 5.75 Å². The van der Waals surface area contributed by atoms with E-state index in [1.54, 1.807) is 25.3 Å². The van der Waals surface area contributed by atoms with Crippen LogP contribution in [-0.2, 0) is 4.74 Å². The number of hydrogen-bond acceptors (Lipinski definition) is 4. The standard InChI is InChI=1S/C21H25ClN2O3/c1-23(2)14-19-20(15-7-5-4-6-8-15)24(11-12-27-19)21(25)17-13-16(22)9-10-18(17)26-3/h4-10,13,19-20H,11-12,14H2,1-3H3/t19-,20-/m0/s1. The summed E-state index contributed by atoms with van der Waals surface area (Å²) in [5.41, 5.74) is 1.52. The van der Waals surface area contributed by atoms with E-state index in [-0.39, 0.29) is 18.1 Å². The fraction of sp³-hybridized carbons (Fsp3) is 0.381. The maximum absolute atomic E-state index is 13.5. The minimum Gasteiger partial charge on any atom is -0.496 e. The van der Waals surface area contributed by atoms with Crippen molar-refractivity contribution in [2.45, 2.75) is 12.1 Å². The average molecular weight is 389 g/mol. The van der Waals surface area contributed by atoms with Gasteiger partial charge in [0.2, 0.25) is 0 Å². The molecule has 0 unspecified atom stereocenters. The molecule has 2 aromatic carbocycles. The van der Waals surface area contributed by atoms with Crippen LogP contribution in [0.1, 0.15) is 22.0 Å². The van der Waals surface area contributed by atoms with Crippen LogP contribution in [0.2, 0.25) is 5.02 Å². The molecule has 0 radical (unpaired) electrons. The Balaban J connectivity index is 2.00. The van der Waals surface area contributed by atoms with E-state index in [0.29, 0.717) is 29.5 Å². The molecule has 0 aliphatic carbocycles. The number of amides is 1. The zero-order valence-corrected chi connectivity index (χ0v) is 16.6. The minimum absolute atomic E-state index is 0.102. The van der Waals surface area contributed by atoms with Gasteiger partial charge in [-0.3, -0.25) is 4.79 Å². The monoisotopic (exact) mass is 388 g/mol. The first kappa shape index (κ1) is 19.7. The van der Waals surface area contributed by atoms with E-state index < -0.39 is 0 Å². The third-order valence-electron chi connectivity index (χ3n) is 4.69. The van der Waals surface area contributed by atoms with Gasteiger partial charge in [-0.25, -0.2) is 0 Å². The smallest absolute Gasteiger partial charge is 0.258 e. The van der Waals surface area contributed by atoms with Gasteiger partial charge in [0.15, 0.2) is 0 Å². The lowest BCUT2D eigenvalue weighted by Crippen LogP contribution is -2.51. The van der Waals surface area contributed by atoms with Gasteiger partial charge in [-0.2, -0.15) is 0 Å². The summed E-state index contributed by atoms with van der Waals surface area (Å²) >= 11 is 6.15. The van der Waals surface area contributed by atoms with Gasteiger partial charge in [0, 0.05) is 18.1 Å². The van der Waals surface area contributed by atoms with Crippen molar-refractivity contribution in [1.29, 1.82) is 0 Å². The Morgan fingerprint density at radius 1 is 1.26 bits per heavy atom. The third kappa shape index (κ3) is 4.43. The van der Waals surface area contributed by atoms with Gasteiger partial charge in [0.05, 0.1) is 31.4 Å². The summed E-state index contributed by atoms with van der Waals surface area (Å²) in [6.07, 6.45) is -0.120. The first-order valence-electron chi connectivity index (χ1n) is 8.97. The molecule has 1 heterocycles. The van der Waals surface area contributed by atoms with Crippen LogP contribution in [0.25, 0.3) is 0 Å². The number of nitrogens with zero attached hydrogens (tertiary/aromatic N) is 2. The first-order valence-corrected chi connectivity index (χ1v) is 9.35. The number of carbonyl (C=O) groups excluding carboxylic acids is 1. The summed E-state index contributed by atoms with van der Waals surface area (Å²) in [6.45, 7) is 1.73. The second kappa shape index (κ2) is 8.74. The Hall–Kier alpha value is -2.08. The largest absolute Gasteiger partial charge is 0.496 e. The van der Waals surface area contributed by atoms with Crippen LogP contribution >= 0.6 is 11.6 Å². The molecule has 1 amide bonds. The molecule has 0 spiro atoms. The number of morpholine rings is 1. The highest BCUT2D eigenvalue weighted by atomic mass is 35.5. The molecule has 1 fully saturated rings. The number of likely N-dealkylation sites (N-methyl/N-ethyl adjacent to an activating group) is 1. The van der Waals surface area contributed by atoms with Gasteiger partial charge in [-0.15, -0.1) is 0 Å². The van der Waals surface area contributed by atoms with Gasteiger partial charge in [0.1, 0.15) is 5.75 Å². The molecule has 1 aliphatic heterocycles. The number of benzene rings is 2. The van der Waals surface area contributed by atoms with E-state index in [9.17, 15) is 4.79 Å². The molecule has 1 aliphatic rings. The van der Waals surface area contributed by atoms with E-state index in [2.05, 4.69) is 4.90 Å². The summed E-state index contributed by atoms with van der Waals surface area (Å²) in [7, 11) is 5.57. The van der Waals surface area contributed by atoms with Crippen molar-refractivity contribution in [3.05, 3.63) is 64.7 Å². The van der Waals surface area contributed by atoms with Crippen LogP contribution in [0, 0.1) is 0 Å². The van der Waals surface area contributed by atoms with Crippen LogP contribution in [-0.4, -0.2) is 62.7 Å². The maximum atomic E-state index is 13.5. The second-order valence-electron chi connectivity index (χ2n) is 6.87. The van der Waals surface area contributed by atoms with E-state index in [0.717, 1.165) is 12.1 Å². The van der Waals surface area contributed by atoms with E-state index in [1.165, 1.54) is 0 Å². The zero-order chi connectivity index (χ0) is 19.4. The maximum Gasteiger partial charge on any atom is 0.258 e. The molecule has 5 nitrogen and oxygen atoms in total. The molecule has 0 saturated carbocycles. The Morgan fingerprint density at radius 3 is 2.67 bits per heavy atom. The first-order chi connectivity index (χ1) is 13.0. The predicted octanol–water partition coefficient (Wildman–Crippen LogP) is 3.49. The molecule has 2 aromatic rings. The minimum atomic E-state index is -0.182. The SMILES string of the molecule is COc1ccc(Cl)cc1C(=O)N1CCO[C@@H](CN(C)C)[C@@H]1c1ccccc1. The quantitative estimate of drug-likeness (QED) is 0.786. The van der Waals surface area contributed by atoms with E-state index in [4.69, 9.17) is 21.1 Å². The molecular formula is C21H25ClN2O3. The van der Waals surface area contributed by atoms with Crippen LogP contribution < -0.4 is 4.74 Å². The van der Waals surface area contributed by atoms with Crippen molar-refractivity contribution in [2.24, 2.45) is 0 Å². The Kier molecular flexibility index (Phi) is 6.37. The van der Waals surface area contributed by atoms with Crippen LogP contribution in [0.3, 0.4) is 0 Å². The lowest BCUT2D eigenvalue weighted by atomic mass is 9.96. The molecule has 27 heavy (non-hydrogen) atoms. The lowest BCUT2D eigenvalue weighted by Gasteiger charge is -2.42. The highest BCUT2D eigenvalue weighted by Crippen LogP contribution is 2.33. The molecule has 0 N–H and O–H groups in total. The number of halogens is 1. The number of methoxy groups -OCH3 is 1.